The lowest BCUT2D eigenvalue weighted by molar-refractivity contribution is 0.184. The fourth-order valence-corrected chi connectivity index (χ4v) is 1.74. The summed E-state index contributed by atoms with van der Waals surface area (Å²) in [6, 6.07) is 0. The number of ether oxygens (including phenoxy) is 1. The van der Waals surface area contributed by atoms with Crippen LogP contribution in [0.15, 0.2) is 22.7 Å². The monoisotopic (exact) mass is 216 g/mol. The minimum Gasteiger partial charge on any atom is -0.385 e. The summed E-state index contributed by atoms with van der Waals surface area (Å²) in [4.78, 5) is 0. The Morgan fingerprint density at radius 2 is 2.55 bits per heavy atom. The predicted molar refractivity (Wildman–Crippen MR) is 50.8 cm³/mol. The number of hydrogen-bond donors (Lipinski definition) is 0. The van der Waals surface area contributed by atoms with Gasteiger partial charge in [0.2, 0.25) is 0 Å². The van der Waals surface area contributed by atoms with Gasteiger partial charge in [0.25, 0.3) is 0 Å². The summed E-state index contributed by atoms with van der Waals surface area (Å²) in [6.45, 7) is 0.856. The molecular formula is C9H13BrO. The molecule has 0 spiro atoms. The standard InChI is InChI=1S/C9H13BrO/c1-11-6-5-8-3-2-4-9(10)7-8/h2,4,7-8H,3,5-6H2,1H3. The van der Waals surface area contributed by atoms with Crippen LogP contribution < -0.4 is 0 Å². The maximum atomic E-state index is 5.01. The normalized spacial score (nSPS) is 23.5. The van der Waals surface area contributed by atoms with Crippen LogP contribution >= 0.6 is 15.9 Å². The first kappa shape index (κ1) is 9.01. The summed E-state index contributed by atoms with van der Waals surface area (Å²) < 4.78 is 6.21. The maximum Gasteiger partial charge on any atom is 0.0467 e. The number of allylic oxidation sites excluding steroid dienone is 4. The second-order valence-corrected chi connectivity index (χ2v) is 3.65. The van der Waals surface area contributed by atoms with Gasteiger partial charge in [-0.15, -0.1) is 0 Å². The number of hydrogen-bond acceptors (Lipinski definition) is 1. The van der Waals surface area contributed by atoms with Crippen LogP contribution in [0.2, 0.25) is 0 Å². The van der Waals surface area contributed by atoms with Gasteiger partial charge in [0, 0.05) is 18.2 Å². The molecule has 1 nitrogen and oxygen atoms in total. The van der Waals surface area contributed by atoms with Gasteiger partial charge < -0.3 is 4.74 Å². The molecule has 11 heavy (non-hydrogen) atoms. The zero-order valence-electron chi connectivity index (χ0n) is 6.72. The zero-order chi connectivity index (χ0) is 8.10. The van der Waals surface area contributed by atoms with Gasteiger partial charge in [-0.05, 0) is 18.8 Å². The van der Waals surface area contributed by atoms with E-state index in [2.05, 4.69) is 34.2 Å². The van der Waals surface area contributed by atoms with E-state index in [1.165, 1.54) is 4.48 Å². The smallest absolute Gasteiger partial charge is 0.0467 e. The Kier molecular flexibility index (Phi) is 3.87. The summed E-state index contributed by atoms with van der Waals surface area (Å²) >= 11 is 3.45. The lowest BCUT2D eigenvalue weighted by Gasteiger charge is -2.13. The molecule has 0 aliphatic heterocycles. The van der Waals surface area contributed by atoms with Crippen LogP contribution in [-0.4, -0.2) is 13.7 Å². The molecule has 0 aromatic heterocycles. The minimum absolute atomic E-state index is 0.661. The highest BCUT2D eigenvalue weighted by Gasteiger charge is 2.06. The summed E-state index contributed by atoms with van der Waals surface area (Å²) in [5, 5.41) is 0. The van der Waals surface area contributed by atoms with Gasteiger partial charge in [-0.2, -0.15) is 0 Å². The Labute approximate surface area is 76.3 Å². The van der Waals surface area contributed by atoms with E-state index in [-0.39, 0.29) is 0 Å². The van der Waals surface area contributed by atoms with Crippen LogP contribution in [-0.2, 0) is 4.74 Å². The highest BCUT2D eigenvalue weighted by molar-refractivity contribution is 9.11. The van der Waals surface area contributed by atoms with Crippen LogP contribution in [0.1, 0.15) is 12.8 Å². The first-order chi connectivity index (χ1) is 5.33. The van der Waals surface area contributed by atoms with Crippen molar-refractivity contribution in [2.75, 3.05) is 13.7 Å². The molecule has 1 aliphatic carbocycles. The van der Waals surface area contributed by atoms with Crippen LogP contribution in [0.3, 0.4) is 0 Å². The minimum atomic E-state index is 0.661. The molecule has 0 aromatic rings. The van der Waals surface area contributed by atoms with E-state index in [1.807, 2.05) is 0 Å². The Bertz CT molecular complexity index is 172. The first-order valence-corrected chi connectivity index (χ1v) is 4.65. The molecule has 2 heteroatoms. The molecule has 0 aromatic carbocycles. The van der Waals surface area contributed by atoms with Crippen molar-refractivity contribution in [3.05, 3.63) is 22.7 Å². The van der Waals surface area contributed by atoms with E-state index in [1.54, 1.807) is 7.11 Å². The lowest BCUT2D eigenvalue weighted by Crippen LogP contribution is -2.02. The average Bonchev–Trinajstić information content (AvgIpc) is 2.01. The quantitative estimate of drug-likeness (QED) is 0.706. The third-order valence-corrected chi connectivity index (χ3v) is 2.33. The Morgan fingerprint density at radius 3 is 3.18 bits per heavy atom. The highest BCUT2D eigenvalue weighted by Crippen LogP contribution is 2.22. The average molecular weight is 217 g/mol. The van der Waals surface area contributed by atoms with Gasteiger partial charge in [0.1, 0.15) is 0 Å². The lowest BCUT2D eigenvalue weighted by atomic mass is 9.98. The molecule has 1 unspecified atom stereocenters. The molecule has 0 saturated carbocycles. The maximum absolute atomic E-state index is 5.01. The highest BCUT2D eigenvalue weighted by atomic mass is 79.9. The van der Waals surface area contributed by atoms with E-state index in [4.69, 9.17) is 4.74 Å². The summed E-state index contributed by atoms with van der Waals surface area (Å²) in [5.41, 5.74) is 0. The van der Waals surface area contributed by atoms with Crippen LogP contribution in [0.5, 0.6) is 0 Å². The SMILES string of the molecule is COCCC1C=C(Br)C=CC1. The fourth-order valence-electron chi connectivity index (χ4n) is 1.17. The molecule has 0 N–H and O–H groups in total. The molecule has 1 aliphatic rings. The first-order valence-electron chi connectivity index (χ1n) is 3.85. The summed E-state index contributed by atoms with van der Waals surface area (Å²) in [5.74, 6) is 0.661. The summed E-state index contributed by atoms with van der Waals surface area (Å²) in [6.07, 6.45) is 8.82. The van der Waals surface area contributed by atoms with Gasteiger partial charge >= 0.3 is 0 Å². The Morgan fingerprint density at radius 1 is 1.73 bits per heavy atom. The largest absolute Gasteiger partial charge is 0.385 e. The molecule has 1 atom stereocenters. The molecule has 0 amide bonds. The van der Waals surface area contributed by atoms with Crippen LogP contribution in [0.25, 0.3) is 0 Å². The van der Waals surface area contributed by atoms with Gasteiger partial charge in [0.15, 0.2) is 0 Å². The molecular weight excluding hydrogens is 204 g/mol. The fraction of sp³-hybridized carbons (Fsp3) is 0.556. The van der Waals surface area contributed by atoms with Crippen molar-refractivity contribution < 1.29 is 4.74 Å². The summed E-state index contributed by atoms with van der Waals surface area (Å²) in [7, 11) is 1.75. The van der Waals surface area contributed by atoms with Crippen molar-refractivity contribution in [1.82, 2.24) is 0 Å². The third-order valence-electron chi connectivity index (χ3n) is 1.80. The van der Waals surface area contributed by atoms with E-state index >= 15 is 0 Å². The van der Waals surface area contributed by atoms with Gasteiger partial charge in [-0.3, -0.25) is 0 Å². The number of halogens is 1. The molecule has 0 bridgehead atoms. The molecule has 62 valence electrons. The van der Waals surface area contributed by atoms with Gasteiger partial charge in [-0.1, -0.05) is 34.2 Å². The molecule has 1 rings (SSSR count). The van der Waals surface area contributed by atoms with E-state index < -0.39 is 0 Å². The van der Waals surface area contributed by atoms with Crippen molar-refractivity contribution in [1.29, 1.82) is 0 Å². The van der Waals surface area contributed by atoms with Crippen LogP contribution in [0, 0.1) is 5.92 Å². The van der Waals surface area contributed by atoms with E-state index in [0.717, 1.165) is 19.4 Å². The predicted octanol–water partition coefficient (Wildman–Crippen LogP) is 2.88. The van der Waals surface area contributed by atoms with E-state index in [0.29, 0.717) is 5.92 Å². The van der Waals surface area contributed by atoms with Gasteiger partial charge in [0.05, 0.1) is 0 Å². The van der Waals surface area contributed by atoms with Crippen molar-refractivity contribution >= 4 is 15.9 Å². The topological polar surface area (TPSA) is 9.23 Å². The van der Waals surface area contributed by atoms with Crippen molar-refractivity contribution in [2.45, 2.75) is 12.8 Å². The molecule has 0 heterocycles. The molecule has 0 fully saturated rings. The Hall–Kier alpha value is -0.0800. The second kappa shape index (κ2) is 4.73. The third kappa shape index (κ3) is 3.21. The Balaban J connectivity index is 2.31. The van der Waals surface area contributed by atoms with Gasteiger partial charge in [-0.25, -0.2) is 0 Å². The number of rotatable bonds is 3. The number of methoxy groups -OCH3 is 1. The van der Waals surface area contributed by atoms with Crippen molar-refractivity contribution in [3.8, 4) is 0 Å². The molecule has 0 radical (unpaired) electrons. The van der Waals surface area contributed by atoms with Crippen molar-refractivity contribution in [3.63, 3.8) is 0 Å². The van der Waals surface area contributed by atoms with Crippen LogP contribution in [0.4, 0.5) is 0 Å². The second-order valence-electron chi connectivity index (χ2n) is 2.73. The molecule has 0 saturated heterocycles. The zero-order valence-corrected chi connectivity index (χ0v) is 8.30. The van der Waals surface area contributed by atoms with E-state index in [9.17, 15) is 0 Å². The van der Waals surface area contributed by atoms with Crippen molar-refractivity contribution in [2.24, 2.45) is 5.92 Å².